The molecule has 0 atom stereocenters. The average molecular weight is 258 g/mol. The van der Waals surface area contributed by atoms with Gasteiger partial charge in [-0.15, -0.1) is 0 Å². The quantitative estimate of drug-likeness (QED) is 0.741. The number of hydrogen-bond acceptors (Lipinski definition) is 1. The number of halogens is 2. The monoisotopic (exact) mass is 257 g/mol. The second-order valence-electron chi connectivity index (χ2n) is 3.86. The van der Waals surface area contributed by atoms with Crippen molar-refractivity contribution in [2.75, 3.05) is 0 Å². The maximum atomic E-state index is 13.0. The Morgan fingerprint density at radius 3 is 2.64 bits per heavy atom. The van der Waals surface area contributed by atoms with Gasteiger partial charge in [0.25, 0.3) is 0 Å². The highest BCUT2D eigenvalue weighted by Crippen LogP contribution is 2.32. The van der Waals surface area contributed by atoms with Crippen molar-refractivity contribution < 1.29 is 4.39 Å². The third-order valence-electron chi connectivity index (χ3n) is 2.85. The molecule has 76 valence electrons. The minimum Gasteiger partial charge on any atom is -0.258 e. The highest BCUT2D eigenvalue weighted by Gasteiger charge is 2.17. The number of pyridine rings is 1. The summed E-state index contributed by atoms with van der Waals surface area (Å²) in [5.41, 5.74) is 1.04. The van der Waals surface area contributed by atoms with Crippen molar-refractivity contribution in [1.82, 2.24) is 4.98 Å². The van der Waals surface area contributed by atoms with Gasteiger partial charge in [-0.3, -0.25) is 4.98 Å². The third-order valence-corrected chi connectivity index (χ3v) is 3.46. The molecule has 1 heterocycles. The minimum absolute atomic E-state index is 0.274. The zero-order valence-corrected chi connectivity index (χ0v) is 9.56. The van der Waals surface area contributed by atoms with Crippen LogP contribution in [0.25, 0.3) is 0 Å². The predicted molar refractivity (Wildman–Crippen MR) is 57.7 cm³/mol. The lowest BCUT2D eigenvalue weighted by molar-refractivity contribution is 0.435. The van der Waals surface area contributed by atoms with E-state index >= 15 is 0 Å². The molecule has 3 heteroatoms. The summed E-state index contributed by atoms with van der Waals surface area (Å²) in [6.45, 7) is 0. The molecule has 0 N–H and O–H groups in total. The highest BCUT2D eigenvalue weighted by molar-refractivity contribution is 9.10. The lowest BCUT2D eigenvalue weighted by Gasteiger charge is -2.20. The van der Waals surface area contributed by atoms with Crippen LogP contribution >= 0.6 is 15.9 Å². The molecular weight excluding hydrogens is 245 g/mol. The van der Waals surface area contributed by atoms with Gasteiger partial charge in [0.1, 0.15) is 0 Å². The largest absolute Gasteiger partial charge is 0.258 e. The number of hydrogen-bond donors (Lipinski definition) is 0. The fourth-order valence-corrected chi connectivity index (χ4v) is 2.39. The Balaban J connectivity index is 2.18. The molecule has 2 rings (SSSR count). The molecule has 0 unspecified atom stereocenters. The van der Waals surface area contributed by atoms with Crippen molar-refractivity contribution in [2.24, 2.45) is 0 Å². The standard InChI is InChI=1S/C11H13BrFN/c12-9-6-11(14-7-10(9)13)8-4-2-1-3-5-8/h6-8H,1-5H2. The predicted octanol–water partition coefficient (Wildman–Crippen LogP) is 4.03. The van der Waals surface area contributed by atoms with Gasteiger partial charge in [-0.05, 0) is 34.8 Å². The van der Waals surface area contributed by atoms with Crippen LogP contribution in [-0.4, -0.2) is 4.98 Å². The van der Waals surface area contributed by atoms with Crippen molar-refractivity contribution in [3.05, 3.63) is 28.2 Å². The molecule has 1 aromatic rings. The third kappa shape index (κ3) is 2.14. The molecule has 0 aliphatic heterocycles. The first kappa shape index (κ1) is 10.1. The second-order valence-corrected chi connectivity index (χ2v) is 4.71. The van der Waals surface area contributed by atoms with E-state index in [0.29, 0.717) is 10.4 Å². The van der Waals surface area contributed by atoms with Crippen LogP contribution in [-0.2, 0) is 0 Å². The molecule has 1 aromatic heterocycles. The second kappa shape index (κ2) is 4.39. The van der Waals surface area contributed by atoms with Crippen LogP contribution in [0.1, 0.15) is 43.7 Å². The van der Waals surface area contributed by atoms with E-state index in [9.17, 15) is 4.39 Å². The summed E-state index contributed by atoms with van der Waals surface area (Å²) >= 11 is 3.20. The van der Waals surface area contributed by atoms with Crippen molar-refractivity contribution >= 4 is 15.9 Å². The van der Waals surface area contributed by atoms with Crippen molar-refractivity contribution in [2.45, 2.75) is 38.0 Å². The Bertz CT molecular complexity index is 321. The molecule has 1 saturated carbocycles. The summed E-state index contributed by atoms with van der Waals surface area (Å²) in [6.07, 6.45) is 7.60. The molecular formula is C11H13BrFN. The summed E-state index contributed by atoms with van der Waals surface area (Å²) in [7, 11) is 0. The van der Waals surface area contributed by atoms with Gasteiger partial charge in [-0.25, -0.2) is 4.39 Å². The summed E-state index contributed by atoms with van der Waals surface area (Å²) in [6, 6.07) is 1.82. The zero-order valence-electron chi connectivity index (χ0n) is 7.97. The molecule has 1 aliphatic rings. The fraction of sp³-hybridized carbons (Fsp3) is 0.545. The van der Waals surface area contributed by atoms with Gasteiger partial charge in [0.2, 0.25) is 0 Å². The molecule has 1 fully saturated rings. The molecule has 0 bridgehead atoms. The average Bonchev–Trinajstić information content (AvgIpc) is 2.23. The van der Waals surface area contributed by atoms with Gasteiger partial charge in [-0.2, -0.15) is 0 Å². The maximum Gasteiger partial charge on any atom is 0.155 e. The lowest BCUT2D eigenvalue weighted by atomic mass is 9.87. The van der Waals surface area contributed by atoms with E-state index in [1.54, 1.807) is 0 Å². The Morgan fingerprint density at radius 2 is 2.00 bits per heavy atom. The van der Waals surface area contributed by atoms with E-state index in [1.165, 1.54) is 38.3 Å². The molecule has 14 heavy (non-hydrogen) atoms. The zero-order chi connectivity index (χ0) is 9.97. The van der Waals surface area contributed by atoms with E-state index in [0.717, 1.165) is 5.69 Å². The smallest absolute Gasteiger partial charge is 0.155 e. The molecule has 0 aromatic carbocycles. The molecule has 0 radical (unpaired) electrons. The summed E-state index contributed by atoms with van der Waals surface area (Å²) < 4.78 is 13.5. The van der Waals surface area contributed by atoms with Gasteiger partial charge in [0, 0.05) is 11.6 Å². The molecule has 1 aliphatic carbocycles. The van der Waals surface area contributed by atoms with Crippen LogP contribution in [0.15, 0.2) is 16.7 Å². The first-order valence-corrected chi connectivity index (χ1v) is 5.87. The van der Waals surface area contributed by atoms with Crippen LogP contribution in [0.2, 0.25) is 0 Å². The summed E-state index contributed by atoms with van der Waals surface area (Å²) in [5.74, 6) is 0.269. The van der Waals surface area contributed by atoms with E-state index in [1.807, 2.05) is 6.07 Å². The molecule has 0 amide bonds. The van der Waals surface area contributed by atoms with Crippen molar-refractivity contribution in [3.8, 4) is 0 Å². The Labute approximate surface area is 91.9 Å². The first-order chi connectivity index (χ1) is 6.77. The van der Waals surface area contributed by atoms with E-state index < -0.39 is 0 Å². The van der Waals surface area contributed by atoms with Crippen molar-refractivity contribution in [3.63, 3.8) is 0 Å². The van der Waals surface area contributed by atoms with Gasteiger partial charge in [-0.1, -0.05) is 19.3 Å². The van der Waals surface area contributed by atoms with Crippen LogP contribution in [0.4, 0.5) is 4.39 Å². The van der Waals surface area contributed by atoms with Gasteiger partial charge in [0.15, 0.2) is 5.82 Å². The van der Waals surface area contributed by atoms with Gasteiger partial charge >= 0.3 is 0 Å². The topological polar surface area (TPSA) is 12.9 Å². The van der Waals surface area contributed by atoms with E-state index in [4.69, 9.17) is 0 Å². The number of aromatic nitrogens is 1. The van der Waals surface area contributed by atoms with E-state index in [-0.39, 0.29) is 5.82 Å². The highest BCUT2D eigenvalue weighted by atomic mass is 79.9. The minimum atomic E-state index is -0.274. The van der Waals surface area contributed by atoms with Crippen LogP contribution in [0, 0.1) is 5.82 Å². The summed E-state index contributed by atoms with van der Waals surface area (Å²) in [4.78, 5) is 4.16. The SMILES string of the molecule is Fc1cnc(C2CCCCC2)cc1Br. The Kier molecular flexibility index (Phi) is 3.16. The fourth-order valence-electron chi connectivity index (χ4n) is 2.05. The van der Waals surface area contributed by atoms with Gasteiger partial charge in [0.05, 0.1) is 10.7 Å². The lowest BCUT2D eigenvalue weighted by Crippen LogP contribution is -2.06. The maximum absolute atomic E-state index is 13.0. The summed E-state index contributed by atoms with van der Waals surface area (Å²) in [5, 5.41) is 0. The molecule has 0 saturated heterocycles. The van der Waals surface area contributed by atoms with Crippen molar-refractivity contribution in [1.29, 1.82) is 0 Å². The Morgan fingerprint density at radius 1 is 1.29 bits per heavy atom. The first-order valence-electron chi connectivity index (χ1n) is 5.08. The number of nitrogens with zero attached hydrogens (tertiary/aromatic N) is 1. The number of rotatable bonds is 1. The van der Waals surface area contributed by atoms with Crippen LogP contribution in [0.5, 0.6) is 0 Å². The molecule has 1 nitrogen and oxygen atoms in total. The van der Waals surface area contributed by atoms with Crippen LogP contribution in [0.3, 0.4) is 0 Å². The van der Waals surface area contributed by atoms with Crippen LogP contribution < -0.4 is 0 Å². The molecule has 0 spiro atoms. The van der Waals surface area contributed by atoms with E-state index in [2.05, 4.69) is 20.9 Å². The van der Waals surface area contributed by atoms with Gasteiger partial charge < -0.3 is 0 Å². The Hall–Kier alpha value is -0.440. The normalized spacial score (nSPS) is 18.4.